The molecule has 0 spiro atoms. The highest BCUT2D eigenvalue weighted by Gasteiger charge is 2.31. The van der Waals surface area contributed by atoms with Gasteiger partial charge in [0.2, 0.25) is 0 Å². The molecule has 0 saturated heterocycles. The Morgan fingerprint density at radius 3 is 1.91 bits per heavy atom. The SMILES string of the molecule is N#CC(C#N)=C1CC(=O)c2nc3cc(C#N)c(C#N)cc3nc21. The second-order valence-corrected chi connectivity index (χ2v) is 4.71. The molecule has 7 nitrogen and oxygen atoms in total. The number of allylic oxidation sites excluding steroid dienone is 2. The van der Waals surface area contributed by atoms with E-state index in [1.54, 1.807) is 12.1 Å². The molecule has 0 unspecified atom stereocenters. The van der Waals surface area contributed by atoms with E-state index in [0.29, 0.717) is 11.0 Å². The van der Waals surface area contributed by atoms with E-state index in [2.05, 4.69) is 9.97 Å². The van der Waals surface area contributed by atoms with Crippen LogP contribution in [0.25, 0.3) is 16.6 Å². The molecule has 0 bridgehead atoms. The first-order valence-electron chi connectivity index (χ1n) is 6.35. The fourth-order valence-corrected chi connectivity index (χ4v) is 2.39. The molecule has 7 heteroatoms. The fourth-order valence-electron chi connectivity index (χ4n) is 2.39. The zero-order chi connectivity index (χ0) is 16.6. The normalized spacial score (nSPS) is 12.0. The molecule has 0 aliphatic heterocycles. The Kier molecular flexibility index (Phi) is 3.04. The summed E-state index contributed by atoms with van der Waals surface area (Å²) in [5.41, 5.74) is 1.24. The summed E-state index contributed by atoms with van der Waals surface area (Å²) in [7, 11) is 0. The fraction of sp³-hybridized carbons (Fsp3) is 0.0625. The van der Waals surface area contributed by atoms with Crippen LogP contribution in [0.2, 0.25) is 0 Å². The highest BCUT2D eigenvalue weighted by atomic mass is 16.1. The van der Waals surface area contributed by atoms with Crippen LogP contribution in [0, 0.1) is 45.3 Å². The molecule has 23 heavy (non-hydrogen) atoms. The number of Topliss-reactive ketones (excluding diaryl/α,β-unsaturated/α-hetero) is 1. The molecule has 104 valence electrons. The highest BCUT2D eigenvalue weighted by Crippen LogP contribution is 2.33. The molecule has 0 saturated carbocycles. The summed E-state index contributed by atoms with van der Waals surface area (Å²) < 4.78 is 0. The minimum Gasteiger partial charge on any atom is -0.292 e. The van der Waals surface area contributed by atoms with Crippen molar-refractivity contribution in [1.29, 1.82) is 21.0 Å². The lowest BCUT2D eigenvalue weighted by atomic mass is 10.1. The van der Waals surface area contributed by atoms with Crippen molar-refractivity contribution in [2.45, 2.75) is 6.42 Å². The summed E-state index contributed by atoms with van der Waals surface area (Å²) in [5.74, 6) is -0.338. The number of ketones is 1. The first-order chi connectivity index (χ1) is 11.1. The molecule has 0 amide bonds. The number of benzene rings is 1. The molecule has 0 fully saturated rings. The molecule has 0 atom stereocenters. The summed E-state index contributed by atoms with van der Waals surface area (Å²) >= 11 is 0. The molecule has 0 N–H and O–H groups in total. The van der Waals surface area contributed by atoms with E-state index in [0.717, 1.165) is 0 Å². The van der Waals surface area contributed by atoms with Crippen molar-refractivity contribution in [3.05, 3.63) is 40.2 Å². The average Bonchev–Trinajstić information content (AvgIpc) is 2.89. The molecule has 1 aliphatic carbocycles. The third-order valence-corrected chi connectivity index (χ3v) is 3.46. The first kappa shape index (κ1) is 13.9. The van der Waals surface area contributed by atoms with E-state index in [1.165, 1.54) is 12.1 Å². The maximum absolute atomic E-state index is 12.1. The Hall–Kier alpha value is -4.07. The molecule has 1 aromatic heterocycles. The van der Waals surface area contributed by atoms with Gasteiger partial charge in [0, 0.05) is 12.0 Å². The molecule has 2 aromatic rings. The van der Waals surface area contributed by atoms with Gasteiger partial charge in [0.05, 0.1) is 27.9 Å². The molecule has 3 rings (SSSR count). The third-order valence-electron chi connectivity index (χ3n) is 3.46. The van der Waals surface area contributed by atoms with Crippen molar-refractivity contribution in [3.63, 3.8) is 0 Å². The van der Waals surface area contributed by atoms with Crippen molar-refractivity contribution in [1.82, 2.24) is 9.97 Å². The van der Waals surface area contributed by atoms with E-state index in [-0.39, 0.29) is 45.9 Å². The maximum atomic E-state index is 12.1. The predicted molar refractivity (Wildman–Crippen MR) is 76.1 cm³/mol. The number of fused-ring (bicyclic) bond motifs is 2. The van der Waals surface area contributed by atoms with E-state index < -0.39 is 0 Å². The predicted octanol–water partition coefficient (Wildman–Crippen LogP) is 1.76. The first-order valence-corrected chi connectivity index (χ1v) is 6.35. The van der Waals surface area contributed by atoms with E-state index in [4.69, 9.17) is 21.0 Å². The van der Waals surface area contributed by atoms with Crippen molar-refractivity contribution in [2.75, 3.05) is 0 Å². The van der Waals surface area contributed by atoms with Gasteiger partial charge in [-0.2, -0.15) is 21.0 Å². The van der Waals surface area contributed by atoms with Gasteiger partial charge in [-0.05, 0) is 12.1 Å². The summed E-state index contributed by atoms with van der Waals surface area (Å²) in [6.07, 6.45) is -0.113. The molecule has 1 aliphatic rings. The van der Waals surface area contributed by atoms with Crippen LogP contribution in [-0.2, 0) is 0 Å². The second-order valence-electron chi connectivity index (χ2n) is 4.71. The van der Waals surface area contributed by atoms with Crippen LogP contribution in [0.15, 0.2) is 17.7 Å². The minimum absolute atomic E-state index is 0.0732. The number of hydrogen-bond donors (Lipinski definition) is 0. The number of nitrogens with zero attached hydrogens (tertiary/aromatic N) is 6. The zero-order valence-electron chi connectivity index (χ0n) is 11.5. The number of aromatic nitrogens is 2. The van der Waals surface area contributed by atoms with Crippen LogP contribution in [0.1, 0.15) is 33.7 Å². The number of nitriles is 4. The monoisotopic (exact) mass is 296 g/mol. The van der Waals surface area contributed by atoms with Gasteiger partial charge in [0.15, 0.2) is 5.78 Å². The van der Waals surface area contributed by atoms with Gasteiger partial charge < -0.3 is 0 Å². The van der Waals surface area contributed by atoms with Gasteiger partial charge in [-0.15, -0.1) is 0 Å². The highest BCUT2D eigenvalue weighted by molar-refractivity contribution is 6.12. The Labute approximate surface area is 130 Å². The van der Waals surface area contributed by atoms with Crippen LogP contribution >= 0.6 is 0 Å². The maximum Gasteiger partial charge on any atom is 0.187 e. The third kappa shape index (κ3) is 1.98. The lowest BCUT2D eigenvalue weighted by molar-refractivity contribution is 0.1000. The van der Waals surface area contributed by atoms with Crippen LogP contribution in [-0.4, -0.2) is 15.8 Å². The van der Waals surface area contributed by atoms with Crippen LogP contribution in [0.3, 0.4) is 0 Å². The second kappa shape index (κ2) is 5.04. The molecule has 0 radical (unpaired) electrons. The van der Waals surface area contributed by atoms with Crippen molar-refractivity contribution < 1.29 is 4.79 Å². The summed E-state index contributed by atoms with van der Waals surface area (Å²) in [6, 6.07) is 10.1. The van der Waals surface area contributed by atoms with Crippen LogP contribution < -0.4 is 0 Å². The smallest absolute Gasteiger partial charge is 0.187 e. The van der Waals surface area contributed by atoms with Gasteiger partial charge in [-0.1, -0.05) is 0 Å². The topological polar surface area (TPSA) is 138 Å². The van der Waals surface area contributed by atoms with Gasteiger partial charge in [-0.25, -0.2) is 9.97 Å². The molecule has 1 aromatic carbocycles. The molecule has 1 heterocycles. The molecular weight excluding hydrogens is 292 g/mol. The number of rotatable bonds is 0. The van der Waals surface area contributed by atoms with Crippen molar-refractivity contribution in [3.8, 4) is 24.3 Å². The largest absolute Gasteiger partial charge is 0.292 e. The van der Waals surface area contributed by atoms with Gasteiger partial charge in [-0.3, -0.25) is 4.79 Å². The van der Waals surface area contributed by atoms with Crippen LogP contribution in [0.5, 0.6) is 0 Å². The van der Waals surface area contributed by atoms with Gasteiger partial charge in [0.25, 0.3) is 0 Å². The lowest BCUT2D eigenvalue weighted by Gasteiger charge is -2.03. The lowest BCUT2D eigenvalue weighted by Crippen LogP contribution is -2.00. The summed E-state index contributed by atoms with van der Waals surface area (Å²) in [5, 5.41) is 36.1. The van der Waals surface area contributed by atoms with E-state index in [1.807, 2.05) is 12.1 Å². The Morgan fingerprint density at radius 1 is 0.913 bits per heavy atom. The van der Waals surface area contributed by atoms with Crippen molar-refractivity contribution >= 4 is 22.4 Å². The average molecular weight is 296 g/mol. The zero-order valence-corrected chi connectivity index (χ0v) is 11.5. The summed E-state index contributed by atoms with van der Waals surface area (Å²) in [4.78, 5) is 20.5. The Balaban J connectivity index is 2.39. The van der Waals surface area contributed by atoms with Gasteiger partial charge in [0.1, 0.15) is 35.5 Å². The van der Waals surface area contributed by atoms with E-state index >= 15 is 0 Å². The van der Waals surface area contributed by atoms with Gasteiger partial charge >= 0.3 is 0 Å². The van der Waals surface area contributed by atoms with E-state index in [9.17, 15) is 4.79 Å². The molecular formula is C16H4N6O. The van der Waals surface area contributed by atoms with Crippen molar-refractivity contribution in [2.24, 2.45) is 0 Å². The quantitative estimate of drug-likeness (QED) is 0.675. The summed E-state index contributed by atoms with van der Waals surface area (Å²) in [6.45, 7) is 0. The Bertz CT molecular complexity index is 1080. The Morgan fingerprint density at radius 2 is 1.43 bits per heavy atom. The minimum atomic E-state index is -0.338. The number of hydrogen-bond acceptors (Lipinski definition) is 7. The standard InChI is InChI=1S/C16H4N6O/c17-4-8-1-12-13(2-9(8)5-18)22-16-14(23)3-11(15(16)21-12)10(6-19)7-20/h1-2H,3H2. The van der Waals surface area contributed by atoms with Crippen LogP contribution in [0.4, 0.5) is 0 Å². The number of carbonyl (C=O) groups excluding carboxylic acids is 1. The number of carbonyl (C=O) groups is 1.